The van der Waals surface area contributed by atoms with E-state index in [1.54, 1.807) is 29.4 Å². The number of carbonyl (C=O) groups is 2. The number of aromatic nitrogens is 1. The molecule has 0 bridgehead atoms. The minimum Gasteiger partial charge on any atom is -0.341 e. The van der Waals surface area contributed by atoms with Crippen molar-refractivity contribution in [2.75, 3.05) is 18.4 Å². The zero-order chi connectivity index (χ0) is 11.5. The Kier molecular flexibility index (Phi) is 2.85. The highest BCUT2D eigenvalue weighted by Crippen LogP contribution is 2.17. The van der Waals surface area contributed by atoms with Gasteiger partial charge in [0.25, 0.3) is 0 Å². The second-order valence-corrected chi connectivity index (χ2v) is 3.85. The maximum Gasteiger partial charge on any atom is 0.231 e. The number of hydrogen-bond donors (Lipinski definition) is 1. The van der Waals surface area contributed by atoms with Crippen molar-refractivity contribution >= 4 is 17.5 Å². The second kappa shape index (κ2) is 4.30. The number of rotatable bonds is 2. The highest BCUT2D eigenvalue weighted by atomic mass is 16.2. The molecule has 2 heterocycles. The Hall–Kier alpha value is -1.91. The van der Waals surface area contributed by atoms with Gasteiger partial charge in [0.2, 0.25) is 11.8 Å². The topological polar surface area (TPSA) is 62.3 Å². The normalized spacial score (nSPS) is 15.4. The Balaban J connectivity index is 1.85. The zero-order valence-electron chi connectivity index (χ0n) is 9.01. The maximum atomic E-state index is 11.7. The van der Waals surface area contributed by atoms with Gasteiger partial charge in [-0.25, -0.2) is 0 Å². The molecule has 1 aliphatic heterocycles. The fraction of sp³-hybridized carbons (Fsp3) is 0.364. The van der Waals surface area contributed by atoms with Gasteiger partial charge in [-0.15, -0.1) is 0 Å². The molecule has 1 aliphatic rings. The van der Waals surface area contributed by atoms with Gasteiger partial charge in [-0.3, -0.25) is 14.6 Å². The fourth-order valence-corrected chi connectivity index (χ4v) is 1.58. The van der Waals surface area contributed by atoms with Crippen molar-refractivity contribution in [2.45, 2.75) is 6.92 Å². The van der Waals surface area contributed by atoms with Crippen molar-refractivity contribution in [3.63, 3.8) is 0 Å². The molecule has 1 aromatic heterocycles. The molecule has 0 aromatic carbocycles. The van der Waals surface area contributed by atoms with Gasteiger partial charge >= 0.3 is 0 Å². The summed E-state index contributed by atoms with van der Waals surface area (Å²) in [5, 5.41) is 2.76. The first kappa shape index (κ1) is 10.6. The van der Waals surface area contributed by atoms with E-state index in [9.17, 15) is 9.59 Å². The number of anilines is 1. The van der Waals surface area contributed by atoms with Crippen LogP contribution in [0.3, 0.4) is 0 Å². The summed E-state index contributed by atoms with van der Waals surface area (Å²) < 4.78 is 0. The number of nitrogens with one attached hydrogen (secondary N) is 1. The number of pyridine rings is 1. The molecule has 1 fully saturated rings. The van der Waals surface area contributed by atoms with Gasteiger partial charge in [0.05, 0.1) is 17.8 Å². The Bertz CT molecular complexity index is 399. The van der Waals surface area contributed by atoms with E-state index in [1.807, 2.05) is 0 Å². The van der Waals surface area contributed by atoms with Gasteiger partial charge in [0.1, 0.15) is 0 Å². The molecule has 2 rings (SSSR count). The van der Waals surface area contributed by atoms with Gasteiger partial charge in [0.15, 0.2) is 0 Å². The summed E-state index contributed by atoms with van der Waals surface area (Å²) in [4.78, 5) is 28.2. The molecule has 2 amide bonds. The van der Waals surface area contributed by atoms with Crippen LogP contribution >= 0.6 is 0 Å². The lowest BCUT2D eigenvalue weighted by Gasteiger charge is -2.37. The Morgan fingerprint density at radius 3 is 2.81 bits per heavy atom. The molecule has 84 valence electrons. The molecule has 1 N–H and O–H groups in total. The van der Waals surface area contributed by atoms with Crippen LogP contribution < -0.4 is 5.32 Å². The van der Waals surface area contributed by atoms with Crippen LogP contribution in [0.4, 0.5) is 5.69 Å². The quantitative estimate of drug-likeness (QED) is 0.787. The van der Waals surface area contributed by atoms with Gasteiger partial charge in [0, 0.05) is 26.2 Å². The van der Waals surface area contributed by atoms with E-state index in [4.69, 9.17) is 0 Å². The van der Waals surface area contributed by atoms with Gasteiger partial charge in [-0.2, -0.15) is 0 Å². The van der Waals surface area contributed by atoms with E-state index in [0.29, 0.717) is 18.8 Å². The summed E-state index contributed by atoms with van der Waals surface area (Å²) >= 11 is 0. The third-order valence-electron chi connectivity index (χ3n) is 2.63. The average molecular weight is 219 g/mol. The first-order valence-corrected chi connectivity index (χ1v) is 5.13. The average Bonchev–Trinajstić information content (AvgIpc) is 2.15. The van der Waals surface area contributed by atoms with Crippen molar-refractivity contribution in [2.24, 2.45) is 5.92 Å². The van der Waals surface area contributed by atoms with Gasteiger partial charge < -0.3 is 10.2 Å². The number of amides is 2. The van der Waals surface area contributed by atoms with Crippen molar-refractivity contribution in [3.8, 4) is 0 Å². The minimum atomic E-state index is -0.0934. The van der Waals surface area contributed by atoms with E-state index in [-0.39, 0.29) is 17.7 Å². The van der Waals surface area contributed by atoms with Crippen molar-refractivity contribution in [1.82, 2.24) is 9.88 Å². The van der Waals surface area contributed by atoms with Crippen LogP contribution in [0.15, 0.2) is 24.5 Å². The monoisotopic (exact) mass is 219 g/mol. The molecular formula is C11H13N3O2. The van der Waals surface area contributed by atoms with Crippen molar-refractivity contribution in [1.29, 1.82) is 0 Å². The van der Waals surface area contributed by atoms with E-state index >= 15 is 0 Å². The van der Waals surface area contributed by atoms with Crippen LogP contribution in [-0.4, -0.2) is 34.8 Å². The Labute approximate surface area is 93.5 Å². The van der Waals surface area contributed by atoms with E-state index in [1.165, 1.54) is 6.92 Å². The molecule has 0 unspecified atom stereocenters. The number of nitrogens with zero attached hydrogens (tertiary/aromatic N) is 2. The molecule has 5 nitrogen and oxygen atoms in total. The predicted molar refractivity (Wildman–Crippen MR) is 58.6 cm³/mol. The molecular weight excluding hydrogens is 206 g/mol. The molecule has 0 radical (unpaired) electrons. The lowest BCUT2D eigenvalue weighted by atomic mass is 9.99. The lowest BCUT2D eigenvalue weighted by Crippen LogP contribution is -2.53. The SMILES string of the molecule is CC(=O)N1CC(C(=O)Nc2cccnc2)C1. The summed E-state index contributed by atoms with van der Waals surface area (Å²) in [6, 6.07) is 3.55. The van der Waals surface area contributed by atoms with Crippen LogP contribution in [0.5, 0.6) is 0 Å². The molecule has 1 aromatic rings. The highest BCUT2D eigenvalue weighted by molar-refractivity contribution is 5.94. The molecule has 1 saturated heterocycles. The number of hydrogen-bond acceptors (Lipinski definition) is 3. The Morgan fingerprint density at radius 2 is 2.25 bits per heavy atom. The molecule has 16 heavy (non-hydrogen) atoms. The summed E-state index contributed by atoms with van der Waals surface area (Å²) in [7, 11) is 0. The van der Waals surface area contributed by atoms with Crippen molar-refractivity contribution in [3.05, 3.63) is 24.5 Å². The summed E-state index contributed by atoms with van der Waals surface area (Å²) in [6.07, 6.45) is 3.25. The summed E-state index contributed by atoms with van der Waals surface area (Å²) in [5.41, 5.74) is 0.689. The van der Waals surface area contributed by atoms with E-state index < -0.39 is 0 Å². The second-order valence-electron chi connectivity index (χ2n) is 3.85. The van der Waals surface area contributed by atoms with Gasteiger partial charge in [-0.1, -0.05) is 0 Å². The molecule has 0 atom stereocenters. The molecule has 5 heteroatoms. The summed E-state index contributed by atoms with van der Waals surface area (Å²) in [6.45, 7) is 2.54. The van der Waals surface area contributed by atoms with E-state index in [0.717, 1.165) is 0 Å². The van der Waals surface area contributed by atoms with Crippen LogP contribution in [0.25, 0.3) is 0 Å². The molecule has 0 aliphatic carbocycles. The lowest BCUT2D eigenvalue weighted by molar-refractivity contribution is -0.139. The van der Waals surface area contributed by atoms with Crippen LogP contribution in [-0.2, 0) is 9.59 Å². The van der Waals surface area contributed by atoms with Gasteiger partial charge in [-0.05, 0) is 12.1 Å². The Morgan fingerprint density at radius 1 is 1.50 bits per heavy atom. The number of carbonyl (C=O) groups excluding carboxylic acids is 2. The third-order valence-corrected chi connectivity index (χ3v) is 2.63. The highest BCUT2D eigenvalue weighted by Gasteiger charge is 2.33. The van der Waals surface area contributed by atoms with E-state index in [2.05, 4.69) is 10.3 Å². The van der Waals surface area contributed by atoms with Crippen LogP contribution in [0, 0.1) is 5.92 Å². The predicted octanol–water partition coefficient (Wildman–Crippen LogP) is 0.498. The first-order chi connectivity index (χ1) is 7.66. The minimum absolute atomic E-state index is 0.0189. The van der Waals surface area contributed by atoms with Crippen LogP contribution in [0.1, 0.15) is 6.92 Å². The largest absolute Gasteiger partial charge is 0.341 e. The molecule has 0 spiro atoms. The molecule has 0 saturated carbocycles. The smallest absolute Gasteiger partial charge is 0.231 e. The summed E-state index contributed by atoms with van der Waals surface area (Å²) in [5.74, 6) is -0.125. The standard InChI is InChI=1S/C11H13N3O2/c1-8(15)14-6-9(7-14)11(16)13-10-3-2-4-12-5-10/h2-5,9H,6-7H2,1H3,(H,13,16). The third kappa shape index (κ3) is 2.18. The number of likely N-dealkylation sites (tertiary alicyclic amines) is 1. The zero-order valence-corrected chi connectivity index (χ0v) is 9.01. The fourth-order valence-electron chi connectivity index (χ4n) is 1.58. The van der Waals surface area contributed by atoms with Crippen LogP contribution in [0.2, 0.25) is 0 Å². The maximum absolute atomic E-state index is 11.7. The van der Waals surface area contributed by atoms with Crippen molar-refractivity contribution < 1.29 is 9.59 Å². The first-order valence-electron chi connectivity index (χ1n) is 5.13.